The number of carbonyl (C=O) groups is 3. The molecular weight excluding hydrogens is 356 g/mol. The molecule has 0 atom stereocenters. The van der Waals surface area contributed by atoms with E-state index in [2.05, 4.69) is 5.32 Å². The predicted molar refractivity (Wildman–Crippen MR) is 106 cm³/mol. The van der Waals surface area contributed by atoms with Gasteiger partial charge in [0.1, 0.15) is 0 Å². The van der Waals surface area contributed by atoms with Crippen molar-refractivity contribution >= 4 is 23.5 Å². The number of hydrogen-bond donors (Lipinski definition) is 2. The number of aliphatic carboxylic acids is 1. The summed E-state index contributed by atoms with van der Waals surface area (Å²) in [4.78, 5) is 37.6. The molecule has 2 aromatic rings. The van der Waals surface area contributed by atoms with Crippen molar-refractivity contribution in [2.75, 3.05) is 18.4 Å². The van der Waals surface area contributed by atoms with Gasteiger partial charge in [-0.3, -0.25) is 14.4 Å². The summed E-state index contributed by atoms with van der Waals surface area (Å²) in [6, 6.07) is 16.5. The molecule has 1 heterocycles. The summed E-state index contributed by atoms with van der Waals surface area (Å²) >= 11 is 0. The molecule has 0 saturated carbocycles. The van der Waals surface area contributed by atoms with Crippen LogP contribution in [0.1, 0.15) is 35.2 Å². The summed E-state index contributed by atoms with van der Waals surface area (Å²) in [7, 11) is 0. The molecule has 0 aromatic heterocycles. The van der Waals surface area contributed by atoms with Gasteiger partial charge in [-0.1, -0.05) is 30.3 Å². The lowest BCUT2D eigenvalue weighted by Gasteiger charge is -2.31. The van der Waals surface area contributed by atoms with Crippen LogP contribution < -0.4 is 5.32 Å². The SMILES string of the molecule is O=C(O)CCc1cccc(NC(=O)C2CCN(C(=O)c3ccccc3)CC2)c1. The minimum atomic E-state index is -0.841. The number of nitrogens with one attached hydrogen (secondary N) is 1. The highest BCUT2D eigenvalue weighted by molar-refractivity contribution is 5.95. The van der Waals surface area contributed by atoms with Gasteiger partial charge in [-0.15, -0.1) is 0 Å². The summed E-state index contributed by atoms with van der Waals surface area (Å²) in [6.07, 6.45) is 1.75. The number of hydrogen-bond acceptors (Lipinski definition) is 3. The molecule has 2 aromatic carbocycles. The third-order valence-corrected chi connectivity index (χ3v) is 5.00. The van der Waals surface area contributed by atoms with Crippen LogP contribution in [0.25, 0.3) is 0 Å². The molecule has 1 saturated heterocycles. The first-order valence-electron chi connectivity index (χ1n) is 9.49. The Labute approximate surface area is 164 Å². The Morgan fingerprint density at radius 1 is 1.00 bits per heavy atom. The van der Waals surface area contributed by atoms with E-state index in [9.17, 15) is 14.4 Å². The topological polar surface area (TPSA) is 86.7 Å². The van der Waals surface area contributed by atoms with Gasteiger partial charge in [-0.2, -0.15) is 0 Å². The monoisotopic (exact) mass is 380 g/mol. The van der Waals surface area contributed by atoms with Gasteiger partial charge in [0.25, 0.3) is 5.91 Å². The lowest BCUT2D eigenvalue weighted by atomic mass is 9.95. The van der Waals surface area contributed by atoms with Crippen LogP contribution in [-0.4, -0.2) is 40.9 Å². The van der Waals surface area contributed by atoms with E-state index in [1.165, 1.54) is 0 Å². The average Bonchev–Trinajstić information content (AvgIpc) is 2.73. The first-order chi connectivity index (χ1) is 13.5. The molecule has 1 fully saturated rings. The number of likely N-dealkylation sites (tertiary alicyclic amines) is 1. The minimum absolute atomic E-state index is 0.00518. The van der Waals surface area contributed by atoms with Crippen molar-refractivity contribution in [3.05, 3.63) is 65.7 Å². The smallest absolute Gasteiger partial charge is 0.303 e. The van der Waals surface area contributed by atoms with E-state index in [1.54, 1.807) is 23.1 Å². The van der Waals surface area contributed by atoms with E-state index in [1.807, 2.05) is 36.4 Å². The van der Waals surface area contributed by atoms with E-state index >= 15 is 0 Å². The Bertz CT molecular complexity index is 843. The zero-order valence-electron chi connectivity index (χ0n) is 15.6. The number of carboxylic acid groups (broad SMARTS) is 1. The second-order valence-electron chi connectivity index (χ2n) is 7.02. The molecule has 2 N–H and O–H groups in total. The van der Waals surface area contributed by atoms with Crippen molar-refractivity contribution in [3.63, 3.8) is 0 Å². The van der Waals surface area contributed by atoms with Gasteiger partial charge in [0, 0.05) is 36.7 Å². The lowest BCUT2D eigenvalue weighted by molar-refractivity contribution is -0.137. The first-order valence-corrected chi connectivity index (χ1v) is 9.49. The molecule has 0 spiro atoms. The molecular formula is C22H24N2O4. The molecule has 6 nitrogen and oxygen atoms in total. The number of piperidine rings is 1. The highest BCUT2D eigenvalue weighted by Gasteiger charge is 2.27. The van der Waals surface area contributed by atoms with E-state index in [-0.39, 0.29) is 24.2 Å². The van der Waals surface area contributed by atoms with Gasteiger partial charge in [0.15, 0.2) is 0 Å². The molecule has 0 radical (unpaired) electrons. The third-order valence-electron chi connectivity index (χ3n) is 5.00. The third kappa shape index (κ3) is 5.19. The van der Waals surface area contributed by atoms with Gasteiger partial charge in [0.05, 0.1) is 0 Å². The number of amides is 2. The number of carbonyl (C=O) groups excluding carboxylic acids is 2. The maximum absolute atomic E-state index is 12.6. The number of anilines is 1. The van der Waals surface area contributed by atoms with Crippen LogP contribution in [0.15, 0.2) is 54.6 Å². The molecule has 3 rings (SSSR count). The molecule has 146 valence electrons. The summed E-state index contributed by atoms with van der Waals surface area (Å²) in [5, 5.41) is 11.7. The van der Waals surface area contributed by atoms with Gasteiger partial charge in [0.2, 0.25) is 5.91 Å². The maximum Gasteiger partial charge on any atom is 0.303 e. The van der Waals surface area contributed by atoms with Crippen molar-refractivity contribution < 1.29 is 19.5 Å². The zero-order chi connectivity index (χ0) is 19.9. The predicted octanol–water partition coefficient (Wildman–Crippen LogP) is 3.19. The number of aryl methyl sites for hydroxylation is 1. The summed E-state index contributed by atoms with van der Waals surface area (Å²) in [5.41, 5.74) is 2.22. The Morgan fingerprint density at radius 3 is 2.39 bits per heavy atom. The van der Waals surface area contributed by atoms with E-state index in [4.69, 9.17) is 5.11 Å². The van der Waals surface area contributed by atoms with Crippen molar-refractivity contribution in [2.45, 2.75) is 25.7 Å². The standard InChI is InChI=1S/C22H24N2O4/c25-20(26)10-9-16-5-4-8-19(15-16)23-21(27)17-11-13-24(14-12-17)22(28)18-6-2-1-3-7-18/h1-8,15,17H,9-14H2,(H,23,27)(H,25,26). The molecule has 0 aliphatic carbocycles. The molecule has 28 heavy (non-hydrogen) atoms. The minimum Gasteiger partial charge on any atom is -0.481 e. The summed E-state index contributed by atoms with van der Waals surface area (Å²) < 4.78 is 0. The molecule has 6 heteroatoms. The number of nitrogens with zero attached hydrogens (tertiary/aromatic N) is 1. The van der Waals surface area contributed by atoms with Crippen LogP contribution in [-0.2, 0) is 16.0 Å². The van der Waals surface area contributed by atoms with Crippen molar-refractivity contribution in [3.8, 4) is 0 Å². The Kier molecular flexibility index (Phi) is 6.42. The Balaban J connectivity index is 1.52. The fraction of sp³-hybridized carbons (Fsp3) is 0.318. The maximum atomic E-state index is 12.6. The van der Waals surface area contributed by atoms with Crippen molar-refractivity contribution in [1.29, 1.82) is 0 Å². The highest BCUT2D eigenvalue weighted by atomic mass is 16.4. The second-order valence-corrected chi connectivity index (χ2v) is 7.02. The summed E-state index contributed by atoms with van der Waals surface area (Å²) in [6.45, 7) is 1.12. The highest BCUT2D eigenvalue weighted by Crippen LogP contribution is 2.21. The number of carboxylic acids is 1. The van der Waals surface area contributed by atoms with Gasteiger partial charge >= 0.3 is 5.97 Å². The normalized spacial score (nSPS) is 14.5. The fourth-order valence-electron chi connectivity index (χ4n) is 3.41. The van der Waals surface area contributed by atoms with Gasteiger partial charge in [-0.05, 0) is 49.1 Å². The Morgan fingerprint density at radius 2 is 1.71 bits per heavy atom. The van der Waals surface area contributed by atoms with Gasteiger partial charge < -0.3 is 15.3 Å². The van der Waals surface area contributed by atoms with Crippen LogP contribution >= 0.6 is 0 Å². The van der Waals surface area contributed by atoms with E-state index in [0.29, 0.717) is 43.6 Å². The fourth-order valence-corrected chi connectivity index (χ4v) is 3.41. The molecule has 1 aliphatic heterocycles. The van der Waals surface area contributed by atoms with Gasteiger partial charge in [-0.25, -0.2) is 0 Å². The zero-order valence-corrected chi connectivity index (χ0v) is 15.6. The largest absolute Gasteiger partial charge is 0.481 e. The van der Waals surface area contributed by atoms with Crippen molar-refractivity contribution in [2.24, 2.45) is 5.92 Å². The van der Waals surface area contributed by atoms with Crippen LogP contribution in [0.2, 0.25) is 0 Å². The summed E-state index contributed by atoms with van der Waals surface area (Å²) in [5.74, 6) is -1.03. The molecule has 0 bridgehead atoms. The molecule has 1 aliphatic rings. The molecule has 2 amide bonds. The van der Waals surface area contributed by atoms with E-state index in [0.717, 1.165) is 5.56 Å². The van der Waals surface area contributed by atoms with E-state index < -0.39 is 5.97 Å². The average molecular weight is 380 g/mol. The second kappa shape index (κ2) is 9.17. The first kappa shape index (κ1) is 19.6. The number of rotatable bonds is 6. The Hall–Kier alpha value is -3.15. The number of benzene rings is 2. The van der Waals surface area contributed by atoms with Crippen LogP contribution in [0.3, 0.4) is 0 Å². The van der Waals surface area contributed by atoms with Crippen LogP contribution in [0.4, 0.5) is 5.69 Å². The van der Waals surface area contributed by atoms with Crippen LogP contribution in [0, 0.1) is 5.92 Å². The lowest BCUT2D eigenvalue weighted by Crippen LogP contribution is -2.41. The van der Waals surface area contributed by atoms with Crippen molar-refractivity contribution in [1.82, 2.24) is 4.90 Å². The quantitative estimate of drug-likeness (QED) is 0.806. The molecule has 0 unspecified atom stereocenters. The van der Waals surface area contributed by atoms with Crippen LogP contribution in [0.5, 0.6) is 0 Å².